The largest absolute Gasteiger partial charge is 0.497 e. The molecule has 1 aromatic heterocycles. The van der Waals surface area contributed by atoms with Crippen LogP contribution in [0.15, 0.2) is 47.6 Å². The first-order chi connectivity index (χ1) is 12.7. The number of thioether (sulfide) groups is 1. The molecule has 0 N–H and O–H groups in total. The summed E-state index contributed by atoms with van der Waals surface area (Å²) in [5.74, 6) is 1.50. The number of benzene rings is 2. The third-order valence-electron chi connectivity index (χ3n) is 4.30. The van der Waals surface area contributed by atoms with Gasteiger partial charge >= 0.3 is 0 Å². The van der Waals surface area contributed by atoms with Crippen molar-refractivity contribution in [1.82, 2.24) is 14.8 Å². The van der Waals surface area contributed by atoms with Crippen molar-refractivity contribution in [2.45, 2.75) is 29.7 Å². The molecular formula is C19H17F2N3OS. The summed E-state index contributed by atoms with van der Waals surface area (Å²) in [6.07, 6.45) is 2.19. The maximum absolute atomic E-state index is 13.9. The molecule has 0 aliphatic heterocycles. The van der Waals surface area contributed by atoms with Crippen molar-refractivity contribution in [3.63, 3.8) is 0 Å². The van der Waals surface area contributed by atoms with Gasteiger partial charge in [-0.3, -0.25) is 4.57 Å². The Hall–Kier alpha value is -2.41. The van der Waals surface area contributed by atoms with E-state index in [1.165, 1.54) is 17.8 Å². The van der Waals surface area contributed by atoms with Crippen LogP contribution in [0.4, 0.5) is 8.78 Å². The fourth-order valence-electron chi connectivity index (χ4n) is 2.75. The van der Waals surface area contributed by atoms with Crippen LogP contribution in [0.3, 0.4) is 0 Å². The van der Waals surface area contributed by atoms with Crippen LogP contribution in [-0.2, 0) is 5.75 Å². The lowest BCUT2D eigenvalue weighted by Crippen LogP contribution is -2.02. The lowest BCUT2D eigenvalue weighted by Gasteiger charge is -2.11. The number of nitrogens with zero attached hydrogens (tertiary/aromatic N) is 3. The molecule has 1 aliphatic rings. The van der Waals surface area contributed by atoms with Crippen molar-refractivity contribution in [2.24, 2.45) is 0 Å². The Balaban J connectivity index is 1.64. The summed E-state index contributed by atoms with van der Waals surface area (Å²) in [5.41, 5.74) is 1.24. The van der Waals surface area contributed by atoms with Gasteiger partial charge in [0.15, 0.2) is 5.16 Å². The second-order valence-corrected chi connectivity index (χ2v) is 7.12. The van der Waals surface area contributed by atoms with Crippen LogP contribution in [0, 0.1) is 11.6 Å². The van der Waals surface area contributed by atoms with E-state index in [4.69, 9.17) is 4.74 Å². The topological polar surface area (TPSA) is 39.9 Å². The quantitative estimate of drug-likeness (QED) is 0.586. The minimum Gasteiger partial charge on any atom is -0.497 e. The molecular weight excluding hydrogens is 356 g/mol. The minimum absolute atomic E-state index is 0.280. The van der Waals surface area contributed by atoms with Gasteiger partial charge in [0.1, 0.15) is 23.2 Å². The summed E-state index contributed by atoms with van der Waals surface area (Å²) in [5, 5.41) is 9.30. The van der Waals surface area contributed by atoms with E-state index in [9.17, 15) is 8.78 Å². The van der Waals surface area contributed by atoms with E-state index in [-0.39, 0.29) is 5.75 Å². The van der Waals surface area contributed by atoms with Crippen molar-refractivity contribution in [1.29, 1.82) is 0 Å². The standard InChI is InChI=1S/C19H17F2N3OS/c1-25-16-7-5-15(6-8-16)24-18(12-2-3-12)22-23-19(24)26-11-13-10-14(20)4-9-17(13)21/h4-10,12H,2-3,11H2,1H3. The average molecular weight is 373 g/mol. The average Bonchev–Trinajstić information content (AvgIpc) is 3.42. The van der Waals surface area contributed by atoms with E-state index in [1.807, 2.05) is 28.8 Å². The van der Waals surface area contributed by atoms with Gasteiger partial charge < -0.3 is 4.74 Å². The van der Waals surface area contributed by atoms with Crippen LogP contribution in [0.5, 0.6) is 5.75 Å². The summed E-state index contributed by atoms with van der Waals surface area (Å²) in [7, 11) is 1.62. The molecule has 0 bridgehead atoms. The van der Waals surface area contributed by atoms with Crippen molar-refractivity contribution in [2.75, 3.05) is 7.11 Å². The number of ether oxygens (including phenoxy) is 1. The Labute approximate surface area is 154 Å². The Morgan fingerprint density at radius 3 is 2.58 bits per heavy atom. The van der Waals surface area contributed by atoms with Crippen LogP contribution < -0.4 is 4.74 Å². The minimum atomic E-state index is -0.447. The third kappa shape index (κ3) is 3.44. The molecule has 3 aromatic rings. The van der Waals surface area contributed by atoms with E-state index in [2.05, 4.69) is 10.2 Å². The predicted molar refractivity (Wildman–Crippen MR) is 95.8 cm³/mol. The van der Waals surface area contributed by atoms with Crippen molar-refractivity contribution < 1.29 is 13.5 Å². The zero-order chi connectivity index (χ0) is 18.1. The van der Waals surface area contributed by atoms with Gasteiger partial charge in [-0.2, -0.15) is 0 Å². The number of rotatable bonds is 6. The number of methoxy groups -OCH3 is 1. The smallest absolute Gasteiger partial charge is 0.196 e. The molecule has 1 aliphatic carbocycles. The summed E-state index contributed by atoms with van der Waals surface area (Å²) < 4.78 is 34.5. The molecule has 4 nitrogen and oxygen atoms in total. The number of aromatic nitrogens is 3. The fraction of sp³-hybridized carbons (Fsp3) is 0.263. The zero-order valence-corrected chi connectivity index (χ0v) is 15.0. The van der Waals surface area contributed by atoms with Crippen molar-refractivity contribution >= 4 is 11.8 Å². The Bertz CT molecular complexity index is 923. The molecule has 4 rings (SSSR count). The first-order valence-electron chi connectivity index (χ1n) is 8.32. The van der Waals surface area contributed by atoms with Gasteiger partial charge in [-0.15, -0.1) is 10.2 Å². The van der Waals surface area contributed by atoms with E-state index in [0.717, 1.165) is 42.2 Å². The molecule has 0 saturated heterocycles. The molecule has 26 heavy (non-hydrogen) atoms. The van der Waals surface area contributed by atoms with Crippen molar-refractivity contribution in [3.05, 3.63) is 65.5 Å². The summed E-state index contributed by atoms with van der Waals surface area (Å²) in [6, 6.07) is 11.1. The number of halogens is 2. The van der Waals surface area contributed by atoms with E-state index < -0.39 is 11.6 Å². The molecule has 0 unspecified atom stereocenters. The highest BCUT2D eigenvalue weighted by Gasteiger charge is 2.31. The van der Waals surface area contributed by atoms with Crippen LogP contribution in [0.25, 0.3) is 5.69 Å². The molecule has 0 spiro atoms. The number of hydrogen-bond donors (Lipinski definition) is 0. The fourth-order valence-corrected chi connectivity index (χ4v) is 3.68. The summed E-state index contributed by atoms with van der Waals surface area (Å²) in [4.78, 5) is 0. The highest BCUT2D eigenvalue weighted by molar-refractivity contribution is 7.98. The summed E-state index contributed by atoms with van der Waals surface area (Å²) >= 11 is 1.35. The first-order valence-corrected chi connectivity index (χ1v) is 9.30. The lowest BCUT2D eigenvalue weighted by atomic mass is 10.2. The lowest BCUT2D eigenvalue weighted by molar-refractivity contribution is 0.414. The molecule has 0 amide bonds. The SMILES string of the molecule is COc1ccc(-n2c(SCc3cc(F)ccc3F)nnc2C2CC2)cc1. The molecule has 1 fully saturated rings. The maximum atomic E-state index is 13.9. The Morgan fingerprint density at radius 2 is 1.88 bits per heavy atom. The van der Waals surface area contributed by atoms with Crippen molar-refractivity contribution in [3.8, 4) is 11.4 Å². The van der Waals surface area contributed by atoms with E-state index >= 15 is 0 Å². The van der Waals surface area contributed by atoms with Crippen LogP contribution in [0.2, 0.25) is 0 Å². The Kier molecular flexibility index (Phi) is 4.63. The first kappa shape index (κ1) is 17.0. The molecule has 134 valence electrons. The normalized spacial score (nSPS) is 13.8. The van der Waals surface area contributed by atoms with Crippen LogP contribution in [-0.4, -0.2) is 21.9 Å². The zero-order valence-electron chi connectivity index (χ0n) is 14.2. The summed E-state index contributed by atoms with van der Waals surface area (Å²) in [6.45, 7) is 0. The van der Waals surface area contributed by atoms with Gasteiger partial charge in [-0.25, -0.2) is 8.78 Å². The highest BCUT2D eigenvalue weighted by Crippen LogP contribution is 2.41. The van der Waals surface area contributed by atoms with Crippen LogP contribution >= 0.6 is 11.8 Å². The van der Waals surface area contributed by atoms with Gasteiger partial charge in [0.25, 0.3) is 0 Å². The maximum Gasteiger partial charge on any atom is 0.196 e. The van der Waals surface area contributed by atoms with Gasteiger partial charge in [-0.05, 0) is 55.3 Å². The molecule has 1 heterocycles. The highest BCUT2D eigenvalue weighted by atomic mass is 32.2. The van der Waals surface area contributed by atoms with Gasteiger partial charge in [0.2, 0.25) is 0 Å². The van der Waals surface area contributed by atoms with E-state index in [1.54, 1.807) is 7.11 Å². The predicted octanol–water partition coefficient (Wildman–Crippen LogP) is 4.72. The monoisotopic (exact) mass is 373 g/mol. The van der Waals surface area contributed by atoms with Gasteiger partial charge in [0.05, 0.1) is 7.11 Å². The van der Waals surface area contributed by atoms with Gasteiger partial charge in [-0.1, -0.05) is 11.8 Å². The number of hydrogen-bond acceptors (Lipinski definition) is 4. The molecule has 1 saturated carbocycles. The Morgan fingerprint density at radius 1 is 1.12 bits per heavy atom. The molecule has 7 heteroatoms. The third-order valence-corrected chi connectivity index (χ3v) is 5.27. The second kappa shape index (κ2) is 7.07. The molecule has 2 aromatic carbocycles. The molecule has 0 atom stereocenters. The van der Waals surface area contributed by atoms with Crippen LogP contribution in [0.1, 0.15) is 30.1 Å². The second-order valence-electron chi connectivity index (χ2n) is 6.17. The molecule has 0 radical (unpaired) electrons. The van der Waals surface area contributed by atoms with Gasteiger partial charge in [0, 0.05) is 22.9 Å². The van der Waals surface area contributed by atoms with E-state index in [0.29, 0.717) is 16.6 Å².